The fourth-order valence-electron chi connectivity index (χ4n) is 0.638. The first-order valence-corrected chi connectivity index (χ1v) is 4.18. The second-order valence-corrected chi connectivity index (χ2v) is 3.42. The van der Waals surface area contributed by atoms with E-state index in [1.165, 1.54) is 0 Å². The van der Waals surface area contributed by atoms with Gasteiger partial charge in [0.15, 0.2) is 0 Å². The number of nitrogens with one attached hydrogen (secondary N) is 2. The zero-order valence-corrected chi connectivity index (χ0v) is 8.50. The van der Waals surface area contributed by atoms with E-state index in [-0.39, 0.29) is 0 Å². The largest absolute Gasteiger partial charge is 0.480 e. The maximum Gasteiger partial charge on any atom is 0.328 e. The third-order valence-electron chi connectivity index (χ3n) is 1.98. The summed E-state index contributed by atoms with van der Waals surface area (Å²) in [5.41, 5.74) is -0.858. The van der Waals surface area contributed by atoms with Crippen LogP contribution < -0.4 is 10.6 Å². The summed E-state index contributed by atoms with van der Waals surface area (Å²) in [4.78, 5) is 21.9. The maximum absolute atomic E-state index is 11.4. The number of aliphatic hydroxyl groups excluding tert-OH is 1. The van der Waals surface area contributed by atoms with Gasteiger partial charge >= 0.3 is 5.97 Å². The minimum absolute atomic E-state index is 0.471. The van der Waals surface area contributed by atoms with Gasteiger partial charge in [-0.3, -0.25) is 4.79 Å². The van der Waals surface area contributed by atoms with E-state index in [4.69, 9.17) is 10.2 Å². The van der Waals surface area contributed by atoms with Gasteiger partial charge in [-0.1, -0.05) is 0 Å². The monoisotopic (exact) mass is 204 g/mol. The van der Waals surface area contributed by atoms with Crippen LogP contribution in [0.2, 0.25) is 0 Å². The zero-order chi connectivity index (χ0) is 11.4. The third kappa shape index (κ3) is 3.31. The summed E-state index contributed by atoms with van der Waals surface area (Å²) < 4.78 is 0. The number of carboxylic acid groups (broad SMARTS) is 1. The molecule has 0 bridgehead atoms. The van der Waals surface area contributed by atoms with E-state index in [1.807, 2.05) is 0 Å². The van der Waals surface area contributed by atoms with E-state index >= 15 is 0 Å². The zero-order valence-electron chi connectivity index (χ0n) is 8.50. The number of amides is 1. The molecule has 82 valence electrons. The molecule has 0 heterocycles. The molecule has 1 unspecified atom stereocenters. The number of aliphatic hydroxyl groups is 1. The molecule has 0 rings (SSSR count). The van der Waals surface area contributed by atoms with Crippen LogP contribution in [0.5, 0.6) is 0 Å². The van der Waals surface area contributed by atoms with Crippen molar-refractivity contribution >= 4 is 11.9 Å². The van der Waals surface area contributed by atoms with Crippen LogP contribution >= 0.6 is 0 Å². The first-order chi connectivity index (χ1) is 6.35. The lowest BCUT2D eigenvalue weighted by Crippen LogP contribution is -2.56. The molecule has 6 nitrogen and oxygen atoms in total. The van der Waals surface area contributed by atoms with Gasteiger partial charge in [0, 0.05) is 0 Å². The fraction of sp³-hybridized carbons (Fsp3) is 0.750. The molecule has 0 aromatic rings. The van der Waals surface area contributed by atoms with Crippen molar-refractivity contribution in [1.29, 1.82) is 0 Å². The molecular weight excluding hydrogens is 188 g/mol. The van der Waals surface area contributed by atoms with Crippen LogP contribution in [0.25, 0.3) is 0 Å². The Morgan fingerprint density at radius 2 is 1.93 bits per heavy atom. The number of carbonyl (C=O) groups is 2. The van der Waals surface area contributed by atoms with Crippen molar-refractivity contribution in [2.45, 2.75) is 25.4 Å². The second kappa shape index (κ2) is 4.92. The Labute approximate surface area is 82.3 Å². The highest BCUT2D eigenvalue weighted by molar-refractivity contribution is 5.89. The van der Waals surface area contributed by atoms with Crippen molar-refractivity contribution in [2.75, 3.05) is 13.7 Å². The Balaban J connectivity index is 4.37. The molecule has 0 aliphatic heterocycles. The summed E-state index contributed by atoms with van der Waals surface area (Å²) in [6.45, 7) is 2.60. The molecule has 0 saturated heterocycles. The standard InChI is InChI=1S/C8H16N2O4/c1-8(2,9-3)7(14)10-5(4-11)6(12)13/h5,9,11H,4H2,1-3H3,(H,10,14)(H,12,13). The van der Waals surface area contributed by atoms with Gasteiger partial charge in [-0.15, -0.1) is 0 Å². The maximum atomic E-state index is 11.4. The minimum atomic E-state index is -1.26. The van der Waals surface area contributed by atoms with E-state index in [1.54, 1.807) is 20.9 Å². The minimum Gasteiger partial charge on any atom is -0.480 e. The van der Waals surface area contributed by atoms with Gasteiger partial charge in [0.2, 0.25) is 5.91 Å². The van der Waals surface area contributed by atoms with Crippen LogP contribution in [-0.2, 0) is 9.59 Å². The summed E-state index contributed by atoms with van der Waals surface area (Å²) in [5.74, 6) is -1.73. The van der Waals surface area contributed by atoms with Gasteiger partial charge in [0.1, 0.15) is 6.04 Å². The highest BCUT2D eigenvalue weighted by atomic mass is 16.4. The van der Waals surface area contributed by atoms with E-state index in [2.05, 4.69) is 10.6 Å². The van der Waals surface area contributed by atoms with Crippen LogP contribution in [0.3, 0.4) is 0 Å². The van der Waals surface area contributed by atoms with Gasteiger partial charge in [-0.05, 0) is 20.9 Å². The van der Waals surface area contributed by atoms with E-state index in [9.17, 15) is 9.59 Å². The van der Waals surface area contributed by atoms with Crippen LogP contribution in [0.4, 0.5) is 0 Å². The van der Waals surface area contributed by atoms with Crippen LogP contribution in [0.15, 0.2) is 0 Å². The fourth-order valence-corrected chi connectivity index (χ4v) is 0.638. The van der Waals surface area contributed by atoms with Crippen molar-refractivity contribution in [3.05, 3.63) is 0 Å². The summed E-state index contributed by atoms with van der Waals surface area (Å²) in [5, 5.41) is 22.2. The van der Waals surface area contributed by atoms with Gasteiger partial charge in [0.25, 0.3) is 0 Å². The molecule has 4 N–H and O–H groups in total. The van der Waals surface area contributed by atoms with Gasteiger partial charge in [0.05, 0.1) is 12.1 Å². The topological polar surface area (TPSA) is 98.7 Å². The van der Waals surface area contributed by atoms with Crippen LogP contribution in [0, 0.1) is 0 Å². The summed E-state index contributed by atoms with van der Waals surface area (Å²) in [6.07, 6.45) is 0. The third-order valence-corrected chi connectivity index (χ3v) is 1.98. The highest BCUT2D eigenvalue weighted by Gasteiger charge is 2.29. The van der Waals surface area contributed by atoms with E-state index in [0.717, 1.165) is 0 Å². The van der Waals surface area contributed by atoms with Crippen molar-refractivity contribution in [2.24, 2.45) is 0 Å². The molecule has 0 aromatic heterocycles. The molecule has 1 amide bonds. The molecule has 0 aliphatic rings. The predicted molar refractivity (Wildman–Crippen MR) is 49.8 cm³/mol. The quantitative estimate of drug-likeness (QED) is 0.439. The van der Waals surface area contributed by atoms with Crippen LogP contribution in [-0.4, -0.2) is 47.3 Å². The lowest BCUT2D eigenvalue weighted by molar-refractivity contribution is -0.143. The molecule has 0 radical (unpaired) electrons. The molecule has 0 aliphatic carbocycles. The summed E-state index contributed by atoms with van der Waals surface area (Å²) in [6, 6.07) is -1.25. The van der Waals surface area contributed by atoms with Gasteiger partial charge in [-0.25, -0.2) is 4.79 Å². The Morgan fingerprint density at radius 3 is 2.21 bits per heavy atom. The number of aliphatic carboxylic acids is 1. The highest BCUT2D eigenvalue weighted by Crippen LogP contribution is 2.01. The molecule has 0 fully saturated rings. The first-order valence-electron chi connectivity index (χ1n) is 4.18. The van der Waals surface area contributed by atoms with Crippen LogP contribution in [0.1, 0.15) is 13.8 Å². The Bertz CT molecular complexity index is 227. The van der Waals surface area contributed by atoms with Crippen molar-refractivity contribution < 1.29 is 19.8 Å². The summed E-state index contributed by atoms with van der Waals surface area (Å²) >= 11 is 0. The number of hydrogen-bond acceptors (Lipinski definition) is 4. The molecule has 0 aromatic carbocycles. The van der Waals surface area contributed by atoms with Crippen molar-refractivity contribution in [3.63, 3.8) is 0 Å². The van der Waals surface area contributed by atoms with Crippen molar-refractivity contribution in [3.8, 4) is 0 Å². The molecule has 1 atom stereocenters. The molecule has 14 heavy (non-hydrogen) atoms. The summed E-state index contributed by atoms with van der Waals surface area (Å²) in [7, 11) is 1.59. The number of carbonyl (C=O) groups excluding carboxylic acids is 1. The Hall–Kier alpha value is -1.14. The smallest absolute Gasteiger partial charge is 0.328 e. The van der Waals surface area contributed by atoms with Gasteiger partial charge < -0.3 is 20.8 Å². The Morgan fingerprint density at radius 1 is 1.43 bits per heavy atom. The van der Waals surface area contributed by atoms with Gasteiger partial charge in [-0.2, -0.15) is 0 Å². The molecule has 0 saturated carbocycles. The number of hydrogen-bond donors (Lipinski definition) is 4. The predicted octanol–water partition coefficient (Wildman–Crippen LogP) is -1.45. The average Bonchev–Trinajstić information content (AvgIpc) is 2.12. The average molecular weight is 204 g/mol. The Kier molecular flexibility index (Phi) is 4.52. The lowest BCUT2D eigenvalue weighted by atomic mass is 10.0. The number of rotatable bonds is 5. The first kappa shape index (κ1) is 12.9. The number of likely N-dealkylation sites (N-methyl/N-ethyl adjacent to an activating group) is 1. The van der Waals surface area contributed by atoms with Crippen molar-refractivity contribution in [1.82, 2.24) is 10.6 Å². The molecular formula is C8H16N2O4. The molecule has 6 heteroatoms. The second-order valence-electron chi connectivity index (χ2n) is 3.42. The van der Waals surface area contributed by atoms with E-state index < -0.39 is 30.1 Å². The van der Waals surface area contributed by atoms with E-state index in [0.29, 0.717) is 0 Å². The molecule has 0 spiro atoms. The SMILES string of the molecule is CNC(C)(C)C(=O)NC(CO)C(=O)O. The number of carboxylic acids is 1. The normalized spacial score (nSPS) is 13.4. The lowest BCUT2D eigenvalue weighted by Gasteiger charge is -2.24.